The maximum atomic E-state index is 12.7. The van der Waals surface area contributed by atoms with E-state index in [9.17, 15) is 9.18 Å². The molecule has 82 valence electrons. The normalized spacial score (nSPS) is 11.2. The van der Waals surface area contributed by atoms with Crippen LogP contribution in [-0.4, -0.2) is 20.3 Å². The van der Waals surface area contributed by atoms with Gasteiger partial charge in [0.15, 0.2) is 0 Å². The molecule has 0 atom stereocenters. The van der Waals surface area contributed by atoms with E-state index in [1.54, 1.807) is 12.1 Å². The molecule has 1 rings (SSSR count). The molecule has 1 aromatic rings. The molecule has 0 aliphatic heterocycles. The van der Waals surface area contributed by atoms with Crippen molar-refractivity contribution in [3.8, 4) is 0 Å². The molecule has 0 aliphatic rings. The lowest BCUT2D eigenvalue weighted by Gasteiger charge is -2.21. The summed E-state index contributed by atoms with van der Waals surface area (Å²) < 4.78 is 17.7. The van der Waals surface area contributed by atoms with Crippen LogP contribution in [0.2, 0.25) is 13.1 Å². The van der Waals surface area contributed by atoms with E-state index < -0.39 is 8.07 Å². The van der Waals surface area contributed by atoms with E-state index in [2.05, 4.69) is 13.1 Å². The van der Waals surface area contributed by atoms with Crippen LogP contribution in [-0.2, 0) is 9.53 Å². The van der Waals surface area contributed by atoms with E-state index in [0.717, 1.165) is 5.19 Å². The molecule has 0 unspecified atom stereocenters. The molecule has 0 saturated carbocycles. The molecule has 0 aromatic heterocycles. The van der Waals surface area contributed by atoms with Crippen LogP contribution in [0.15, 0.2) is 24.3 Å². The highest BCUT2D eigenvalue weighted by Crippen LogP contribution is 2.05. The van der Waals surface area contributed by atoms with Crippen molar-refractivity contribution in [3.63, 3.8) is 0 Å². The summed E-state index contributed by atoms with van der Waals surface area (Å²) in [6.45, 7) is 5.57. The Morgan fingerprint density at radius 3 is 2.33 bits per heavy atom. The first-order valence-corrected chi connectivity index (χ1v) is 8.02. The van der Waals surface area contributed by atoms with E-state index in [0.29, 0.717) is 6.23 Å². The number of carbonyl (C=O) groups is 1. The summed E-state index contributed by atoms with van der Waals surface area (Å²) in [6.07, 6.45) is 0.438. The standard InChI is InChI=1S/C11H15FO2Si/c1-9(13)14-8-15(2,3)11-6-4-10(12)5-7-11/h4-7H,8H2,1-3H3. The van der Waals surface area contributed by atoms with Gasteiger partial charge < -0.3 is 4.74 Å². The van der Waals surface area contributed by atoms with Gasteiger partial charge in [0.25, 0.3) is 0 Å². The third-order valence-corrected chi connectivity index (χ3v) is 5.02. The summed E-state index contributed by atoms with van der Waals surface area (Å²) in [5.41, 5.74) is 0. The zero-order valence-electron chi connectivity index (χ0n) is 9.21. The fourth-order valence-electron chi connectivity index (χ4n) is 1.27. The fourth-order valence-corrected chi connectivity index (χ4v) is 3.07. The smallest absolute Gasteiger partial charge is 0.302 e. The third kappa shape index (κ3) is 3.47. The fraction of sp³-hybridized carbons (Fsp3) is 0.364. The van der Waals surface area contributed by atoms with Crippen LogP contribution in [0.25, 0.3) is 0 Å². The topological polar surface area (TPSA) is 26.3 Å². The molecule has 1 aromatic carbocycles. The molecule has 0 amide bonds. The van der Waals surface area contributed by atoms with Crippen molar-refractivity contribution in [2.45, 2.75) is 20.0 Å². The molecule has 4 heteroatoms. The number of esters is 1. The Morgan fingerprint density at radius 1 is 1.33 bits per heavy atom. The van der Waals surface area contributed by atoms with Crippen molar-refractivity contribution < 1.29 is 13.9 Å². The van der Waals surface area contributed by atoms with Crippen LogP contribution in [0.4, 0.5) is 4.39 Å². The van der Waals surface area contributed by atoms with Gasteiger partial charge in [0, 0.05) is 6.92 Å². The largest absolute Gasteiger partial charge is 0.469 e. The van der Waals surface area contributed by atoms with Crippen molar-refractivity contribution in [1.82, 2.24) is 0 Å². The minimum absolute atomic E-state index is 0.240. The van der Waals surface area contributed by atoms with E-state index in [4.69, 9.17) is 4.74 Å². The average Bonchev–Trinajstić information content (AvgIpc) is 2.16. The molecule has 2 nitrogen and oxygen atoms in total. The van der Waals surface area contributed by atoms with Gasteiger partial charge in [0.05, 0.1) is 6.23 Å². The first kappa shape index (κ1) is 11.9. The highest BCUT2D eigenvalue weighted by atomic mass is 28.3. The number of halogens is 1. The summed E-state index contributed by atoms with van der Waals surface area (Å²) in [7, 11) is -1.77. The Morgan fingerprint density at radius 2 is 1.87 bits per heavy atom. The van der Waals surface area contributed by atoms with Crippen LogP contribution in [0, 0.1) is 5.82 Å². The quantitative estimate of drug-likeness (QED) is 0.581. The Bertz CT molecular complexity index is 346. The number of carbonyl (C=O) groups excluding carboxylic acids is 1. The second-order valence-corrected chi connectivity index (χ2v) is 8.80. The van der Waals surface area contributed by atoms with Crippen molar-refractivity contribution >= 4 is 19.2 Å². The predicted molar refractivity (Wildman–Crippen MR) is 60.1 cm³/mol. The zero-order valence-corrected chi connectivity index (χ0v) is 10.2. The van der Waals surface area contributed by atoms with E-state index in [-0.39, 0.29) is 11.8 Å². The Labute approximate surface area is 90.1 Å². The first-order chi connectivity index (χ1) is 6.92. The van der Waals surface area contributed by atoms with E-state index in [1.807, 2.05) is 0 Å². The Balaban J connectivity index is 2.76. The van der Waals surface area contributed by atoms with Crippen molar-refractivity contribution in [1.29, 1.82) is 0 Å². The van der Waals surface area contributed by atoms with Gasteiger partial charge in [-0.2, -0.15) is 0 Å². The van der Waals surface area contributed by atoms with Crippen LogP contribution in [0.3, 0.4) is 0 Å². The number of hydrogen-bond donors (Lipinski definition) is 0. The molecule has 0 saturated heterocycles. The molecule has 0 spiro atoms. The maximum absolute atomic E-state index is 12.7. The molecule has 0 N–H and O–H groups in total. The third-order valence-electron chi connectivity index (χ3n) is 2.26. The molecule has 0 heterocycles. The maximum Gasteiger partial charge on any atom is 0.302 e. The van der Waals surface area contributed by atoms with Crippen molar-refractivity contribution in [2.75, 3.05) is 6.23 Å². The molecule has 0 fully saturated rings. The van der Waals surface area contributed by atoms with Gasteiger partial charge in [-0.1, -0.05) is 30.4 Å². The molecule has 15 heavy (non-hydrogen) atoms. The molecule has 0 bridgehead atoms. The van der Waals surface area contributed by atoms with Gasteiger partial charge in [-0.05, 0) is 12.1 Å². The second kappa shape index (κ2) is 4.57. The van der Waals surface area contributed by atoms with Gasteiger partial charge in [-0.3, -0.25) is 4.79 Å². The summed E-state index contributed by atoms with van der Waals surface area (Å²) in [4.78, 5) is 10.7. The lowest BCUT2D eigenvalue weighted by molar-refractivity contribution is -0.139. The summed E-state index contributed by atoms with van der Waals surface area (Å²) in [6, 6.07) is 6.42. The zero-order chi connectivity index (χ0) is 11.5. The molecular formula is C11H15FO2Si. The number of benzene rings is 1. The van der Waals surface area contributed by atoms with Crippen LogP contribution in [0.5, 0.6) is 0 Å². The summed E-state index contributed by atoms with van der Waals surface area (Å²) >= 11 is 0. The van der Waals surface area contributed by atoms with Gasteiger partial charge in [-0.15, -0.1) is 0 Å². The van der Waals surface area contributed by atoms with Gasteiger partial charge in [0.2, 0.25) is 0 Å². The molecule has 0 radical (unpaired) electrons. The van der Waals surface area contributed by atoms with Gasteiger partial charge in [0.1, 0.15) is 13.9 Å². The Kier molecular flexibility index (Phi) is 3.63. The average molecular weight is 226 g/mol. The number of ether oxygens (including phenoxy) is 1. The summed E-state index contributed by atoms with van der Waals surface area (Å²) in [5.74, 6) is -0.506. The molecule has 0 aliphatic carbocycles. The highest BCUT2D eigenvalue weighted by Gasteiger charge is 2.25. The SMILES string of the molecule is CC(=O)OC[Si](C)(C)c1ccc(F)cc1. The van der Waals surface area contributed by atoms with Gasteiger partial charge in [-0.25, -0.2) is 4.39 Å². The minimum atomic E-state index is -1.77. The van der Waals surface area contributed by atoms with Crippen molar-refractivity contribution in [2.24, 2.45) is 0 Å². The lowest BCUT2D eigenvalue weighted by Crippen LogP contribution is -2.46. The predicted octanol–water partition coefficient (Wildman–Crippen LogP) is 1.84. The van der Waals surface area contributed by atoms with Crippen LogP contribution >= 0.6 is 0 Å². The number of rotatable bonds is 3. The van der Waals surface area contributed by atoms with Crippen molar-refractivity contribution in [3.05, 3.63) is 30.1 Å². The highest BCUT2D eigenvalue weighted by molar-refractivity contribution is 6.89. The Hall–Kier alpha value is -1.16. The first-order valence-electron chi connectivity index (χ1n) is 4.81. The van der Waals surface area contributed by atoms with Gasteiger partial charge >= 0.3 is 5.97 Å². The monoisotopic (exact) mass is 226 g/mol. The van der Waals surface area contributed by atoms with E-state index >= 15 is 0 Å². The number of hydrogen-bond acceptors (Lipinski definition) is 2. The lowest BCUT2D eigenvalue weighted by atomic mass is 10.3. The van der Waals surface area contributed by atoms with E-state index in [1.165, 1.54) is 19.1 Å². The second-order valence-electron chi connectivity index (χ2n) is 4.17. The van der Waals surface area contributed by atoms with Crippen LogP contribution < -0.4 is 5.19 Å². The molecular weight excluding hydrogens is 211 g/mol. The summed E-state index contributed by atoms with van der Waals surface area (Å²) in [5, 5.41) is 1.09. The van der Waals surface area contributed by atoms with Crippen LogP contribution in [0.1, 0.15) is 6.92 Å². The minimum Gasteiger partial charge on any atom is -0.469 e.